The van der Waals surface area contributed by atoms with Gasteiger partial charge in [0.2, 0.25) is 0 Å². The number of aliphatic hydroxyl groups is 2. The lowest BCUT2D eigenvalue weighted by molar-refractivity contribution is -0.146. The molecule has 4 atom stereocenters. The second-order valence-electron chi connectivity index (χ2n) is 5.61. The van der Waals surface area contributed by atoms with Gasteiger partial charge in [0.1, 0.15) is 6.10 Å². The number of allylic oxidation sites excluding steroid dienone is 1. The van der Waals surface area contributed by atoms with E-state index in [1.165, 1.54) is 0 Å². The minimum atomic E-state index is -0.641. The van der Waals surface area contributed by atoms with Crippen LogP contribution in [0.25, 0.3) is 0 Å². The topological polar surface area (TPSA) is 66.8 Å². The molecule has 0 unspecified atom stereocenters. The van der Waals surface area contributed by atoms with Gasteiger partial charge in [-0.2, -0.15) is 0 Å². The molecule has 0 spiro atoms. The number of rotatable bonds is 1. The number of ether oxygens (including phenoxy) is 1. The zero-order valence-corrected chi connectivity index (χ0v) is 11.3. The van der Waals surface area contributed by atoms with Crippen LogP contribution in [0.4, 0.5) is 0 Å². The van der Waals surface area contributed by atoms with Crippen molar-refractivity contribution in [1.82, 2.24) is 0 Å². The summed E-state index contributed by atoms with van der Waals surface area (Å²) in [4.78, 5) is 11.6. The van der Waals surface area contributed by atoms with Gasteiger partial charge in [0.15, 0.2) is 0 Å². The SMILES string of the molecule is C=C1C(=O)O[C@@H]2[C@H](O)[C@@H](C)CC/C=C(/CO)CC[C@@H]12. The predicted octanol–water partition coefficient (Wildman–Crippen LogP) is 1.57. The molecule has 0 amide bonds. The highest BCUT2D eigenvalue weighted by Gasteiger charge is 2.43. The van der Waals surface area contributed by atoms with Gasteiger partial charge in [0.25, 0.3) is 0 Å². The van der Waals surface area contributed by atoms with Crippen molar-refractivity contribution >= 4 is 5.97 Å². The molecule has 19 heavy (non-hydrogen) atoms. The average molecular weight is 266 g/mol. The van der Waals surface area contributed by atoms with Gasteiger partial charge in [-0.05, 0) is 37.2 Å². The van der Waals surface area contributed by atoms with E-state index in [1.54, 1.807) is 0 Å². The van der Waals surface area contributed by atoms with Crippen LogP contribution >= 0.6 is 0 Å². The Hall–Kier alpha value is -1.13. The van der Waals surface area contributed by atoms with Crippen molar-refractivity contribution in [2.24, 2.45) is 11.8 Å². The summed E-state index contributed by atoms with van der Waals surface area (Å²) in [5.74, 6) is -0.478. The summed E-state index contributed by atoms with van der Waals surface area (Å²) in [6, 6.07) is 0. The standard InChI is InChI=1S/C15H22O4/c1-9-4-3-5-11(8-16)6-7-12-10(2)15(18)19-14(12)13(9)17/h5,9,12-14,16-17H,2-4,6-8H2,1H3/b11-5+/t9-,12-,13+,14-/m0/s1. The van der Waals surface area contributed by atoms with Gasteiger partial charge in [-0.3, -0.25) is 0 Å². The monoisotopic (exact) mass is 266 g/mol. The quantitative estimate of drug-likeness (QED) is 0.429. The minimum absolute atomic E-state index is 0.0512. The maximum Gasteiger partial charge on any atom is 0.334 e. The highest BCUT2D eigenvalue weighted by Crippen LogP contribution is 2.36. The zero-order chi connectivity index (χ0) is 14.0. The molecule has 106 valence electrons. The number of hydrogen-bond acceptors (Lipinski definition) is 4. The Morgan fingerprint density at radius 1 is 1.47 bits per heavy atom. The average Bonchev–Trinajstić information content (AvgIpc) is 2.68. The van der Waals surface area contributed by atoms with E-state index in [-0.39, 0.29) is 18.4 Å². The lowest BCUT2D eigenvalue weighted by atomic mass is 9.82. The van der Waals surface area contributed by atoms with E-state index in [9.17, 15) is 15.0 Å². The number of hydrogen-bond donors (Lipinski definition) is 2. The molecular formula is C15H22O4. The van der Waals surface area contributed by atoms with Crippen LogP contribution in [-0.4, -0.2) is 35.0 Å². The summed E-state index contributed by atoms with van der Waals surface area (Å²) in [5.41, 5.74) is 1.45. The molecule has 1 aliphatic carbocycles. The first-order chi connectivity index (χ1) is 9.04. The Kier molecular flexibility index (Phi) is 4.42. The van der Waals surface area contributed by atoms with E-state index in [2.05, 4.69) is 6.58 Å². The molecule has 0 radical (unpaired) electrons. The molecule has 2 aliphatic rings. The normalized spacial score (nSPS) is 39.2. The fourth-order valence-electron chi connectivity index (χ4n) is 2.91. The number of carbonyl (C=O) groups is 1. The second-order valence-corrected chi connectivity index (χ2v) is 5.61. The molecule has 0 aromatic heterocycles. The van der Waals surface area contributed by atoms with Crippen LogP contribution in [0.3, 0.4) is 0 Å². The van der Waals surface area contributed by atoms with Crippen LogP contribution < -0.4 is 0 Å². The van der Waals surface area contributed by atoms with E-state index in [0.717, 1.165) is 18.4 Å². The number of aliphatic hydroxyl groups excluding tert-OH is 2. The van der Waals surface area contributed by atoms with Gasteiger partial charge in [0, 0.05) is 11.5 Å². The molecular weight excluding hydrogens is 244 g/mol. The highest BCUT2D eigenvalue weighted by molar-refractivity contribution is 5.90. The lowest BCUT2D eigenvalue weighted by Crippen LogP contribution is -2.37. The number of esters is 1. The summed E-state index contributed by atoms with van der Waals surface area (Å²) in [5, 5.41) is 19.6. The third-order valence-corrected chi connectivity index (χ3v) is 4.30. The molecule has 0 saturated carbocycles. The number of carbonyl (C=O) groups excluding carboxylic acids is 1. The Balaban J connectivity index is 2.23. The molecule has 4 nitrogen and oxygen atoms in total. The summed E-state index contributed by atoms with van der Waals surface area (Å²) in [7, 11) is 0. The molecule has 2 N–H and O–H groups in total. The Morgan fingerprint density at radius 2 is 2.21 bits per heavy atom. The van der Waals surface area contributed by atoms with Crippen molar-refractivity contribution < 1.29 is 19.7 Å². The smallest absolute Gasteiger partial charge is 0.334 e. The Labute approximate surface area is 113 Å². The van der Waals surface area contributed by atoms with E-state index in [4.69, 9.17) is 4.74 Å². The molecule has 4 heteroatoms. The maximum atomic E-state index is 11.6. The van der Waals surface area contributed by atoms with Crippen LogP contribution in [0, 0.1) is 11.8 Å². The van der Waals surface area contributed by atoms with E-state index in [1.807, 2.05) is 13.0 Å². The Morgan fingerprint density at radius 3 is 2.89 bits per heavy atom. The molecule has 0 aromatic rings. The summed E-state index contributed by atoms with van der Waals surface area (Å²) < 4.78 is 5.29. The van der Waals surface area contributed by atoms with Crippen molar-refractivity contribution in [2.45, 2.75) is 44.8 Å². The fourth-order valence-corrected chi connectivity index (χ4v) is 2.91. The third-order valence-electron chi connectivity index (χ3n) is 4.30. The van der Waals surface area contributed by atoms with Crippen molar-refractivity contribution in [1.29, 1.82) is 0 Å². The largest absolute Gasteiger partial charge is 0.456 e. The summed E-state index contributed by atoms with van der Waals surface area (Å²) >= 11 is 0. The minimum Gasteiger partial charge on any atom is -0.456 e. The highest BCUT2D eigenvalue weighted by atomic mass is 16.6. The van der Waals surface area contributed by atoms with Gasteiger partial charge in [-0.15, -0.1) is 0 Å². The second kappa shape index (κ2) is 5.88. The van der Waals surface area contributed by atoms with Crippen molar-refractivity contribution in [3.63, 3.8) is 0 Å². The molecule has 1 saturated heterocycles. The first kappa shape index (κ1) is 14.3. The number of fused-ring (bicyclic) bond motifs is 1. The van der Waals surface area contributed by atoms with Crippen LogP contribution in [0.15, 0.2) is 23.8 Å². The summed E-state index contributed by atoms with van der Waals surface area (Å²) in [6.45, 7) is 5.80. The zero-order valence-electron chi connectivity index (χ0n) is 11.3. The molecule has 0 bridgehead atoms. The maximum absolute atomic E-state index is 11.6. The van der Waals surface area contributed by atoms with Crippen molar-refractivity contribution in [2.75, 3.05) is 6.61 Å². The van der Waals surface area contributed by atoms with Gasteiger partial charge >= 0.3 is 5.97 Å². The van der Waals surface area contributed by atoms with Crippen LogP contribution in [-0.2, 0) is 9.53 Å². The van der Waals surface area contributed by atoms with Crippen LogP contribution in [0.2, 0.25) is 0 Å². The fraction of sp³-hybridized carbons (Fsp3) is 0.667. The molecule has 1 aliphatic heterocycles. The van der Waals surface area contributed by atoms with Crippen molar-refractivity contribution in [3.8, 4) is 0 Å². The van der Waals surface area contributed by atoms with E-state index < -0.39 is 18.2 Å². The van der Waals surface area contributed by atoms with Gasteiger partial charge < -0.3 is 14.9 Å². The predicted molar refractivity (Wildman–Crippen MR) is 71.3 cm³/mol. The van der Waals surface area contributed by atoms with Gasteiger partial charge in [-0.1, -0.05) is 19.6 Å². The Bertz CT molecular complexity index is 399. The van der Waals surface area contributed by atoms with E-state index >= 15 is 0 Å². The van der Waals surface area contributed by atoms with Crippen LogP contribution in [0.5, 0.6) is 0 Å². The molecule has 0 aromatic carbocycles. The molecule has 1 heterocycles. The molecule has 1 fully saturated rings. The molecule has 2 rings (SSSR count). The van der Waals surface area contributed by atoms with Crippen LogP contribution in [0.1, 0.15) is 32.6 Å². The first-order valence-corrected chi connectivity index (χ1v) is 6.91. The van der Waals surface area contributed by atoms with Crippen molar-refractivity contribution in [3.05, 3.63) is 23.8 Å². The summed E-state index contributed by atoms with van der Waals surface area (Å²) in [6.07, 6.45) is 3.98. The van der Waals surface area contributed by atoms with Gasteiger partial charge in [0.05, 0.1) is 12.7 Å². The lowest BCUT2D eigenvalue weighted by Gasteiger charge is -2.28. The van der Waals surface area contributed by atoms with E-state index in [0.29, 0.717) is 18.4 Å². The van der Waals surface area contributed by atoms with Gasteiger partial charge in [-0.25, -0.2) is 4.79 Å². The first-order valence-electron chi connectivity index (χ1n) is 6.91. The third kappa shape index (κ3) is 2.90.